The number of rotatable bonds is 5. The van der Waals surface area contributed by atoms with Crippen molar-refractivity contribution in [3.63, 3.8) is 0 Å². The average Bonchev–Trinajstić information content (AvgIpc) is 3.26. The monoisotopic (exact) mass is 448 g/mol. The zero-order valence-corrected chi connectivity index (χ0v) is 19.7. The van der Waals surface area contributed by atoms with Gasteiger partial charge in [-0.05, 0) is 67.1 Å². The number of nitrogens with zero attached hydrogens (tertiary/aromatic N) is 2. The molecule has 0 aromatic heterocycles. The Balaban J connectivity index is 1.41. The van der Waals surface area contributed by atoms with Crippen LogP contribution in [0.5, 0.6) is 0 Å². The summed E-state index contributed by atoms with van der Waals surface area (Å²) >= 11 is 0. The summed E-state index contributed by atoms with van der Waals surface area (Å²) in [5.74, 6) is -0.115. The van der Waals surface area contributed by atoms with E-state index in [1.54, 1.807) is 0 Å². The van der Waals surface area contributed by atoms with Crippen molar-refractivity contribution in [1.82, 2.24) is 4.90 Å². The summed E-state index contributed by atoms with van der Waals surface area (Å²) in [4.78, 5) is 41.0. The number of esters is 1. The number of piperidine rings is 1. The molecule has 2 aromatic carbocycles. The molecule has 0 atom stereocenters. The number of amides is 2. The van der Waals surface area contributed by atoms with E-state index in [0.717, 1.165) is 29.8 Å². The topological polar surface area (TPSA) is 66.9 Å². The second-order valence-electron chi connectivity index (χ2n) is 9.13. The average molecular weight is 449 g/mol. The minimum absolute atomic E-state index is 0.000604. The van der Waals surface area contributed by atoms with Crippen molar-refractivity contribution in [2.45, 2.75) is 40.0 Å². The van der Waals surface area contributed by atoms with Crippen LogP contribution >= 0.6 is 0 Å². The van der Waals surface area contributed by atoms with Crippen molar-refractivity contribution >= 4 is 23.5 Å². The Morgan fingerprint density at radius 3 is 2.27 bits per heavy atom. The second kappa shape index (κ2) is 9.77. The van der Waals surface area contributed by atoms with Gasteiger partial charge in [-0.1, -0.05) is 32.0 Å². The molecule has 2 heterocycles. The van der Waals surface area contributed by atoms with E-state index in [1.165, 1.54) is 5.56 Å². The highest BCUT2D eigenvalue weighted by Gasteiger charge is 2.29. The molecule has 0 saturated carbocycles. The van der Waals surface area contributed by atoms with Gasteiger partial charge in [0.1, 0.15) is 0 Å². The molecule has 1 saturated heterocycles. The first kappa shape index (κ1) is 23.0. The molecular weight excluding hydrogens is 416 g/mol. The van der Waals surface area contributed by atoms with Crippen LogP contribution in [0.25, 0.3) is 11.1 Å². The molecular formula is C27H32N2O4. The van der Waals surface area contributed by atoms with Gasteiger partial charge < -0.3 is 14.5 Å². The summed E-state index contributed by atoms with van der Waals surface area (Å²) in [6.07, 6.45) is 2.15. The number of likely N-dealkylation sites (tertiary alicyclic amines) is 1. The minimum atomic E-state index is -0.153. The smallest absolute Gasteiger partial charge is 0.309 e. The molecule has 2 aromatic rings. The predicted octanol–water partition coefficient (Wildman–Crippen LogP) is 4.31. The number of benzene rings is 2. The molecule has 2 aliphatic rings. The van der Waals surface area contributed by atoms with Crippen LogP contribution in [-0.4, -0.2) is 48.9 Å². The molecule has 33 heavy (non-hydrogen) atoms. The van der Waals surface area contributed by atoms with Crippen LogP contribution in [0, 0.1) is 11.8 Å². The molecule has 0 bridgehead atoms. The van der Waals surface area contributed by atoms with Crippen LogP contribution in [-0.2, 0) is 20.7 Å². The molecule has 4 rings (SSSR count). The summed E-state index contributed by atoms with van der Waals surface area (Å²) in [6.45, 7) is 7.94. The fourth-order valence-corrected chi connectivity index (χ4v) is 4.69. The quantitative estimate of drug-likeness (QED) is 0.639. The van der Waals surface area contributed by atoms with Gasteiger partial charge in [0.05, 0.1) is 12.5 Å². The van der Waals surface area contributed by atoms with Crippen molar-refractivity contribution in [3.8, 4) is 11.1 Å². The van der Waals surface area contributed by atoms with E-state index in [9.17, 15) is 14.4 Å². The van der Waals surface area contributed by atoms with Crippen LogP contribution in [0.2, 0.25) is 0 Å². The standard InChI is InChI=1S/C27H32N2O4/c1-4-33-27(32)21-11-14-28(15-12-21)26(31)20-7-5-19(6-8-20)22-9-10-24-23(17-22)13-16-29(24)25(30)18(2)3/h5-10,17-18,21H,4,11-16H2,1-3H3. The van der Waals surface area contributed by atoms with E-state index >= 15 is 0 Å². The van der Waals surface area contributed by atoms with Gasteiger partial charge in [-0.25, -0.2) is 0 Å². The Morgan fingerprint density at radius 2 is 1.64 bits per heavy atom. The molecule has 0 unspecified atom stereocenters. The summed E-state index contributed by atoms with van der Waals surface area (Å²) in [5, 5.41) is 0. The Labute approximate surface area is 195 Å². The normalized spacial score (nSPS) is 16.1. The first-order chi connectivity index (χ1) is 15.9. The van der Waals surface area contributed by atoms with E-state index < -0.39 is 0 Å². The first-order valence-corrected chi connectivity index (χ1v) is 11.9. The number of ether oxygens (including phenoxy) is 1. The van der Waals surface area contributed by atoms with Crippen LogP contribution in [0.4, 0.5) is 5.69 Å². The number of fused-ring (bicyclic) bond motifs is 1. The van der Waals surface area contributed by atoms with Crippen molar-refractivity contribution < 1.29 is 19.1 Å². The first-order valence-electron chi connectivity index (χ1n) is 11.9. The van der Waals surface area contributed by atoms with Gasteiger partial charge >= 0.3 is 5.97 Å². The predicted molar refractivity (Wildman–Crippen MR) is 128 cm³/mol. The SMILES string of the molecule is CCOC(=O)C1CCN(C(=O)c2ccc(-c3ccc4c(c3)CCN4C(=O)C(C)C)cc2)CC1. The number of hydrogen-bond acceptors (Lipinski definition) is 4. The molecule has 0 radical (unpaired) electrons. The fourth-order valence-electron chi connectivity index (χ4n) is 4.69. The Morgan fingerprint density at radius 1 is 0.970 bits per heavy atom. The van der Waals surface area contributed by atoms with Crippen molar-refractivity contribution in [2.24, 2.45) is 11.8 Å². The minimum Gasteiger partial charge on any atom is -0.466 e. The molecule has 174 valence electrons. The van der Waals surface area contributed by atoms with Gasteiger partial charge in [0.25, 0.3) is 5.91 Å². The van der Waals surface area contributed by atoms with E-state index in [-0.39, 0.29) is 29.6 Å². The lowest BCUT2D eigenvalue weighted by atomic mass is 9.96. The number of hydrogen-bond donors (Lipinski definition) is 0. The molecule has 2 amide bonds. The second-order valence-corrected chi connectivity index (χ2v) is 9.13. The van der Waals surface area contributed by atoms with Crippen LogP contribution in [0.3, 0.4) is 0 Å². The third-order valence-corrected chi connectivity index (χ3v) is 6.60. The largest absolute Gasteiger partial charge is 0.466 e. The van der Waals surface area contributed by atoms with Gasteiger partial charge in [0, 0.05) is 36.8 Å². The van der Waals surface area contributed by atoms with Crippen LogP contribution < -0.4 is 4.90 Å². The Bertz CT molecular complexity index is 1040. The summed E-state index contributed by atoms with van der Waals surface area (Å²) in [6, 6.07) is 13.9. The van der Waals surface area contributed by atoms with E-state index in [1.807, 2.05) is 67.0 Å². The molecule has 0 spiro atoms. The van der Waals surface area contributed by atoms with Gasteiger partial charge in [-0.2, -0.15) is 0 Å². The summed E-state index contributed by atoms with van der Waals surface area (Å²) in [7, 11) is 0. The number of anilines is 1. The molecule has 0 N–H and O–H groups in total. The summed E-state index contributed by atoms with van der Waals surface area (Å²) in [5.41, 5.74) is 4.98. The third kappa shape index (κ3) is 4.80. The highest BCUT2D eigenvalue weighted by atomic mass is 16.5. The maximum absolute atomic E-state index is 12.9. The number of carbonyl (C=O) groups excluding carboxylic acids is 3. The fraction of sp³-hybridized carbons (Fsp3) is 0.444. The summed E-state index contributed by atoms with van der Waals surface area (Å²) < 4.78 is 5.11. The van der Waals surface area contributed by atoms with Gasteiger partial charge in [0.15, 0.2) is 0 Å². The van der Waals surface area contributed by atoms with Crippen molar-refractivity contribution in [2.75, 3.05) is 31.1 Å². The van der Waals surface area contributed by atoms with Crippen molar-refractivity contribution in [3.05, 3.63) is 53.6 Å². The third-order valence-electron chi connectivity index (χ3n) is 6.60. The molecule has 0 aliphatic carbocycles. The lowest BCUT2D eigenvalue weighted by Gasteiger charge is -2.31. The molecule has 1 fully saturated rings. The Hall–Kier alpha value is -3.15. The lowest BCUT2D eigenvalue weighted by molar-refractivity contribution is -0.149. The van der Waals surface area contributed by atoms with Gasteiger partial charge in [-0.15, -0.1) is 0 Å². The maximum atomic E-state index is 12.9. The maximum Gasteiger partial charge on any atom is 0.309 e. The van der Waals surface area contributed by atoms with E-state index in [2.05, 4.69) is 6.07 Å². The molecule has 6 heteroatoms. The highest BCUT2D eigenvalue weighted by molar-refractivity contribution is 5.97. The zero-order valence-electron chi connectivity index (χ0n) is 19.7. The van der Waals surface area contributed by atoms with E-state index in [4.69, 9.17) is 4.74 Å². The Kier molecular flexibility index (Phi) is 6.82. The lowest BCUT2D eigenvalue weighted by Crippen LogP contribution is -2.40. The van der Waals surface area contributed by atoms with Crippen LogP contribution in [0.15, 0.2) is 42.5 Å². The number of carbonyl (C=O) groups is 3. The van der Waals surface area contributed by atoms with Crippen molar-refractivity contribution in [1.29, 1.82) is 0 Å². The van der Waals surface area contributed by atoms with Gasteiger partial charge in [0.2, 0.25) is 5.91 Å². The molecule has 6 nitrogen and oxygen atoms in total. The van der Waals surface area contributed by atoms with Crippen LogP contribution in [0.1, 0.15) is 49.5 Å². The highest BCUT2D eigenvalue weighted by Crippen LogP contribution is 2.33. The molecule has 2 aliphatic heterocycles. The van der Waals surface area contributed by atoms with Gasteiger partial charge in [-0.3, -0.25) is 14.4 Å². The van der Waals surface area contributed by atoms with E-state index in [0.29, 0.717) is 38.1 Å². The zero-order chi connectivity index (χ0) is 23.5.